The smallest absolute Gasteiger partial charge is 0.271 e. The molecule has 0 atom stereocenters. The van der Waals surface area contributed by atoms with Gasteiger partial charge < -0.3 is 0 Å². The molecule has 0 saturated carbocycles. The lowest BCUT2D eigenvalue weighted by atomic mass is 10.2. The zero-order valence-electron chi connectivity index (χ0n) is 8.32. The summed E-state index contributed by atoms with van der Waals surface area (Å²) in [6.45, 7) is 0. The third kappa shape index (κ3) is 1.27. The summed E-state index contributed by atoms with van der Waals surface area (Å²) in [7, 11) is 0. The maximum atomic E-state index is 11.7. The molecular weight excluding hydrogens is 226 g/mol. The highest BCUT2D eigenvalue weighted by atomic mass is 16.6. The molecule has 3 rings (SSSR count). The number of benzene rings is 1. The van der Waals surface area contributed by atoms with Crippen LogP contribution in [-0.2, 0) is 0 Å². The first-order valence-electron chi connectivity index (χ1n) is 4.67. The molecule has 0 fully saturated rings. The molecule has 0 aliphatic heterocycles. The van der Waals surface area contributed by atoms with Crippen molar-refractivity contribution >= 4 is 22.4 Å². The summed E-state index contributed by atoms with van der Waals surface area (Å²) in [6.07, 6.45) is 1.39. The van der Waals surface area contributed by atoms with Gasteiger partial charge in [0.15, 0.2) is 0 Å². The molecular formula is C9H5N5O3. The van der Waals surface area contributed by atoms with Crippen LogP contribution in [0.4, 0.5) is 5.69 Å². The molecule has 1 aromatic carbocycles. The normalized spacial score (nSPS) is 11.1. The highest BCUT2D eigenvalue weighted by Gasteiger charge is 2.11. The molecule has 84 valence electrons. The Hall–Kier alpha value is -2.77. The number of fused-ring (bicyclic) bond motifs is 3. The summed E-state index contributed by atoms with van der Waals surface area (Å²) in [5.74, 6) is 0.253. The van der Waals surface area contributed by atoms with Gasteiger partial charge in [-0.1, -0.05) is 0 Å². The zero-order valence-corrected chi connectivity index (χ0v) is 8.32. The molecule has 1 N–H and O–H groups in total. The summed E-state index contributed by atoms with van der Waals surface area (Å²) in [6, 6.07) is 4.01. The SMILES string of the molecule is O=c1[nH]c2nncn2c2cc([N+](=O)[O-])ccc12. The Labute approximate surface area is 92.7 Å². The first-order chi connectivity index (χ1) is 8.16. The van der Waals surface area contributed by atoms with Crippen LogP contribution in [0.3, 0.4) is 0 Å². The van der Waals surface area contributed by atoms with E-state index in [4.69, 9.17) is 0 Å². The van der Waals surface area contributed by atoms with Gasteiger partial charge in [-0.05, 0) is 6.07 Å². The maximum Gasteiger partial charge on any atom is 0.271 e. The topological polar surface area (TPSA) is 106 Å². The molecule has 8 nitrogen and oxygen atoms in total. The van der Waals surface area contributed by atoms with Gasteiger partial charge >= 0.3 is 0 Å². The molecule has 0 aliphatic carbocycles. The average Bonchev–Trinajstić information content (AvgIpc) is 2.76. The van der Waals surface area contributed by atoms with Gasteiger partial charge in [-0.3, -0.25) is 24.3 Å². The quantitative estimate of drug-likeness (QED) is 0.484. The third-order valence-electron chi connectivity index (χ3n) is 2.47. The van der Waals surface area contributed by atoms with Crippen LogP contribution in [0.25, 0.3) is 16.7 Å². The minimum absolute atomic E-state index is 0.0851. The molecule has 0 unspecified atom stereocenters. The molecule has 2 heterocycles. The Balaban J connectivity index is 2.55. The Morgan fingerprint density at radius 2 is 2.24 bits per heavy atom. The second kappa shape index (κ2) is 3.11. The Morgan fingerprint density at radius 3 is 3.00 bits per heavy atom. The van der Waals surface area contributed by atoms with E-state index in [1.54, 1.807) is 0 Å². The highest BCUT2D eigenvalue weighted by molar-refractivity contribution is 5.82. The molecule has 0 amide bonds. The lowest BCUT2D eigenvalue weighted by Crippen LogP contribution is -2.09. The number of non-ortho nitro benzene ring substituents is 1. The highest BCUT2D eigenvalue weighted by Crippen LogP contribution is 2.18. The zero-order chi connectivity index (χ0) is 12.0. The fourth-order valence-corrected chi connectivity index (χ4v) is 1.69. The maximum absolute atomic E-state index is 11.7. The van der Waals surface area contributed by atoms with E-state index in [0.717, 1.165) is 0 Å². The van der Waals surface area contributed by atoms with Crippen molar-refractivity contribution in [1.82, 2.24) is 19.6 Å². The second-order valence-corrected chi connectivity index (χ2v) is 3.44. The van der Waals surface area contributed by atoms with Crippen molar-refractivity contribution in [3.8, 4) is 0 Å². The van der Waals surface area contributed by atoms with Crippen molar-refractivity contribution in [2.45, 2.75) is 0 Å². The Morgan fingerprint density at radius 1 is 1.41 bits per heavy atom. The minimum Gasteiger partial charge on any atom is -0.290 e. The van der Waals surface area contributed by atoms with Gasteiger partial charge in [0, 0.05) is 12.1 Å². The Kier molecular flexibility index (Phi) is 1.73. The molecule has 0 aliphatic rings. The standard InChI is InChI=1S/C9H5N5O3/c15-8-6-2-1-5(14(16)17)3-7(6)13-4-10-12-9(13)11-8/h1-4H,(H,11,12,15). The van der Waals surface area contributed by atoms with E-state index in [9.17, 15) is 14.9 Å². The summed E-state index contributed by atoms with van der Waals surface area (Å²) >= 11 is 0. The lowest BCUT2D eigenvalue weighted by molar-refractivity contribution is -0.384. The van der Waals surface area contributed by atoms with Crippen LogP contribution in [-0.4, -0.2) is 24.5 Å². The fraction of sp³-hybridized carbons (Fsp3) is 0. The number of rotatable bonds is 1. The van der Waals surface area contributed by atoms with E-state index >= 15 is 0 Å². The molecule has 0 spiro atoms. The molecule has 0 saturated heterocycles. The number of aromatic amines is 1. The number of hydrogen-bond donors (Lipinski definition) is 1. The number of hydrogen-bond acceptors (Lipinski definition) is 5. The van der Waals surface area contributed by atoms with Gasteiger partial charge in [0.05, 0.1) is 15.8 Å². The van der Waals surface area contributed by atoms with E-state index in [-0.39, 0.29) is 17.0 Å². The van der Waals surface area contributed by atoms with Crippen LogP contribution in [0.15, 0.2) is 29.3 Å². The third-order valence-corrected chi connectivity index (χ3v) is 2.47. The van der Waals surface area contributed by atoms with Crippen LogP contribution >= 0.6 is 0 Å². The van der Waals surface area contributed by atoms with Crippen molar-refractivity contribution in [3.63, 3.8) is 0 Å². The summed E-state index contributed by atoms with van der Waals surface area (Å²) in [4.78, 5) is 24.4. The van der Waals surface area contributed by atoms with E-state index in [2.05, 4.69) is 15.2 Å². The first kappa shape index (κ1) is 9.46. The predicted octanol–water partition coefficient (Wildman–Crippen LogP) is 0.479. The van der Waals surface area contributed by atoms with Gasteiger partial charge in [0.25, 0.3) is 11.2 Å². The van der Waals surface area contributed by atoms with E-state index in [0.29, 0.717) is 10.9 Å². The van der Waals surface area contributed by atoms with Crippen LogP contribution in [0, 0.1) is 10.1 Å². The van der Waals surface area contributed by atoms with Gasteiger partial charge in [-0.25, -0.2) is 0 Å². The monoisotopic (exact) mass is 231 g/mol. The van der Waals surface area contributed by atoms with Gasteiger partial charge in [0.2, 0.25) is 5.78 Å². The largest absolute Gasteiger partial charge is 0.290 e. The summed E-state index contributed by atoms with van der Waals surface area (Å²) in [5.41, 5.74) is -0.0311. The van der Waals surface area contributed by atoms with E-state index in [1.165, 1.54) is 28.9 Å². The van der Waals surface area contributed by atoms with E-state index in [1.807, 2.05) is 0 Å². The van der Waals surface area contributed by atoms with Crippen molar-refractivity contribution < 1.29 is 4.92 Å². The molecule has 0 radical (unpaired) electrons. The van der Waals surface area contributed by atoms with E-state index < -0.39 is 4.92 Å². The van der Waals surface area contributed by atoms with Crippen molar-refractivity contribution in [2.75, 3.05) is 0 Å². The van der Waals surface area contributed by atoms with Gasteiger partial charge in [0.1, 0.15) is 6.33 Å². The van der Waals surface area contributed by atoms with Crippen molar-refractivity contribution in [3.05, 3.63) is 45.0 Å². The second-order valence-electron chi connectivity index (χ2n) is 3.44. The van der Waals surface area contributed by atoms with Crippen molar-refractivity contribution in [1.29, 1.82) is 0 Å². The van der Waals surface area contributed by atoms with Crippen LogP contribution in [0.1, 0.15) is 0 Å². The number of nitrogens with one attached hydrogen (secondary N) is 1. The van der Waals surface area contributed by atoms with Crippen LogP contribution < -0.4 is 5.56 Å². The number of aromatic nitrogens is 4. The number of nitrogens with zero attached hydrogens (tertiary/aromatic N) is 4. The van der Waals surface area contributed by atoms with Gasteiger partial charge in [-0.15, -0.1) is 10.2 Å². The predicted molar refractivity (Wildman–Crippen MR) is 57.8 cm³/mol. The number of H-pyrrole nitrogens is 1. The van der Waals surface area contributed by atoms with Gasteiger partial charge in [-0.2, -0.15) is 0 Å². The van der Waals surface area contributed by atoms with Crippen molar-refractivity contribution in [2.24, 2.45) is 0 Å². The summed E-state index contributed by atoms with van der Waals surface area (Å²) < 4.78 is 1.49. The number of nitro groups is 1. The molecule has 2 aromatic heterocycles. The first-order valence-corrected chi connectivity index (χ1v) is 4.67. The molecule has 3 aromatic rings. The molecule has 8 heteroatoms. The minimum atomic E-state index is -0.517. The number of nitro benzene ring substituents is 1. The average molecular weight is 231 g/mol. The summed E-state index contributed by atoms with van der Waals surface area (Å²) in [5, 5.41) is 18.4. The Bertz CT molecular complexity index is 803. The lowest BCUT2D eigenvalue weighted by Gasteiger charge is -1.99. The molecule has 0 bridgehead atoms. The van der Waals surface area contributed by atoms with Crippen LogP contribution in [0.2, 0.25) is 0 Å². The molecule has 17 heavy (non-hydrogen) atoms. The van der Waals surface area contributed by atoms with Crippen LogP contribution in [0.5, 0.6) is 0 Å². The fourth-order valence-electron chi connectivity index (χ4n) is 1.69.